The highest BCUT2D eigenvalue weighted by molar-refractivity contribution is 7.12. The van der Waals surface area contributed by atoms with Crippen molar-refractivity contribution in [1.29, 1.82) is 0 Å². The van der Waals surface area contributed by atoms with Crippen molar-refractivity contribution in [3.63, 3.8) is 0 Å². The Labute approximate surface area is 192 Å². The van der Waals surface area contributed by atoms with E-state index in [9.17, 15) is 18.0 Å². The lowest BCUT2D eigenvalue weighted by molar-refractivity contribution is -0.137. The van der Waals surface area contributed by atoms with Gasteiger partial charge in [0.2, 0.25) is 0 Å². The van der Waals surface area contributed by atoms with Gasteiger partial charge in [0, 0.05) is 26.2 Å². The number of fused-ring (bicyclic) bond motifs is 2. The summed E-state index contributed by atoms with van der Waals surface area (Å²) in [6.07, 6.45) is -3.76. The highest BCUT2D eigenvalue weighted by Gasteiger charge is 2.32. The fourth-order valence-corrected chi connectivity index (χ4v) is 4.72. The van der Waals surface area contributed by atoms with E-state index >= 15 is 0 Å². The molecule has 5 rings (SSSR count). The Kier molecular flexibility index (Phi) is 5.57. The number of para-hydroxylation sites is 1. The van der Waals surface area contributed by atoms with Gasteiger partial charge in [0.25, 0.3) is 5.91 Å². The number of hydrogen-bond donors (Lipinski definition) is 0. The molecule has 33 heavy (non-hydrogen) atoms. The second-order valence-electron chi connectivity index (χ2n) is 7.82. The van der Waals surface area contributed by atoms with E-state index in [0.717, 1.165) is 12.1 Å². The second kappa shape index (κ2) is 8.55. The molecule has 0 atom stereocenters. The minimum atomic E-state index is -4.48. The maximum absolute atomic E-state index is 13.3. The van der Waals surface area contributed by atoms with Crippen LogP contribution in [-0.4, -0.2) is 47.7 Å². The molecule has 0 bridgehead atoms. The molecule has 0 unspecified atom stereocenters. The summed E-state index contributed by atoms with van der Waals surface area (Å²) in [7, 11) is 0. The average Bonchev–Trinajstić information content (AvgIpc) is 3.15. The Balaban J connectivity index is 1.49. The Morgan fingerprint density at radius 1 is 0.970 bits per heavy atom. The molecule has 2 aliphatic rings. The Morgan fingerprint density at radius 2 is 1.82 bits per heavy atom. The van der Waals surface area contributed by atoms with E-state index in [1.807, 2.05) is 45.5 Å². The van der Waals surface area contributed by atoms with Crippen LogP contribution >= 0.6 is 11.3 Å². The summed E-state index contributed by atoms with van der Waals surface area (Å²) >= 11 is 1.41. The lowest BCUT2D eigenvalue weighted by Gasteiger charge is -2.25. The molecular formula is C24H20F3N3O2S. The summed E-state index contributed by atoms with van der Waals surface area (Å²) in [5.74, 6) is 1.35. The molecule has 3 aromatic rings. The van der Waals surface area contributed by atoms with Crippen LogP contribution in [0.1, 0.15) is 27.2 Å². The van der Waals surface area contributed by atoms with E-state index in [4.69, 9.17) is 4.74 Å². The first kappa shape index (κ1) is 21.5. The molecule has 2 aromatic carbocycles. The maximum atomic E-state index is 13.3. The topological polar surface area (TPSA) is 45.1 Å². The van der Waals surface area contributed by atoms with Crippen LogP contribution in [0.15, 0.2) is 65.0 Å². The van der Waals surface area contributed by atoms with Gasteiger partial charge in [0.05, 0.1) is 16.0 Å². The van der Waals surface area contributed by atoms with Crippen molar-refractivity contribution < 1.29 is 22.7 Å². The van der Waals surface area contributed by atoms with Crippen LogP contribution < -0.4 is 4.74 Å². The predicted molar refractivity (Wildman–Crippen MR) is 121 cm³/mol. The number of amidine groups is 1. The summed E-state index contributed by atoms with van der Waals surface area (Å²) in [6.45, 7) is 2.23. The van der Waals surface area contributed by atoms with E-state index in [1.54, 1.807) is 6.07 Å². The molecule has 170 valence electrons. The predicted octanol–water partition coefficient (Wildman–Crippen LogP) is 5.80. The highest BCUT2D eigenvalue weighted by Crippen LogP contribution is 2.41. The molecule has 0 N–H and O–H groups in total. The smallest absolute Gasteiger partial charge is 0.416 e. The highest BCUT2D eigenvalue weighted by atomic mass is 32.1. The van der Waals surface area contributed by atoms with Gasteiger partial charge in [0.15, 0.2) is 5.75 Å². The Bertz CT molecular complexity index is 1210. The van der Waals surface area contributed by atoms with Gasteiger partial charge in [-0.15, -0.1) is 11.3 Å². The van der Waals surface area contributed by atoms with Gasteiger partial charge < -0.3 is 14.5 Å². The van der Waals surface area contributed by atoms with Crippen LogP contribution in [-0.2, 0) is 6.18 Å². The molecular weight excluding hydrogens is 451 g/mol. The third-order valence-corrected chi connectivity index (χ3v) is 6.53. The number of nitrogens with zero attached hydrogens (tertiary/aromatic N) is 3. The standard InChI is InChI=1S/C24H20F3N3O2S/c25-24(26,27)16-8-9-20-18(15-16)28-22(17-5-1-2-6-19(17)32-20)29-10-4-11-30(13-12-29)23(31)21-7-3-14-33-21/h1-3,5-9,14-15H,4,10-13H2. The molecule has 1 saturated heterocycles. The molecule has 2 aliphatic heterocycles. The normalized spacial score (nSPS) is 16.2. The Hall–Kier alpha value is -3.33. The van der Waals surface area contributed by atoms with E-state index in [1.165, 1.54) is 17.4 Å². The van der Waals surface area contributed by atoms with E-state index in [-0.39, 0.29) is 17.3 Å². The second-order valence-corrected chi connectivity index (χ2v) is 8.77. The van der Waals surface area contributed by atoms with E-state index in [2.05, 4.69) is 4.99 Å². The van der Waals surface area contributed by atoms with Crippen molar-refractivity contribution in [2.24, 2.45) is 4.99 Å². The van der Waals surface area contributed by atoms with Crippen LogP contribution in [0, 0.1) is 0 Å². The first-order valence-corrected chi connectivity index (χ1v) is 11.4. The van der Waals surface area contributed by atoms with Crippen molar-refractivity contribution in [2.75, 3.05) is 26.2 Å². The number of carbonyl (C=O) groups excluding carboxylic acids is 1. The molecule has 0 aliphatic carbocycles. The zero-order valence-corrected chi connectivity index (χ0v) is 18.3. The molecule has 9 heteroatoms. The molecule has 0 spiro atoms. The van der Waals surface area contributed by atoms with Crippen molar-refractivity contribution >= 4 is 28.8 Å². The zero-order valence-electron chi connectivity index (χ0n) is 17.5. The van der Waals surface area contributed by atoms with Gasteiger partial charge in [-0.1, -0.05) is 18.2 Å². The van der Waals surface area contributed by atoms with Gasteiger partial charge in [-0.25, -0.2) is 4.99 Å². The van der Waals surface area contributed by atoms with Crippen molar-refractivity contribution in [3.05, 3.63) is 76.0 Å². The molecule has 1 aromatic heterocycles. The van der Waals surface area contributed by atoms with Crippen LogP contribution in [0.25, 0.3) is 0 Å². The monoisotopic (exact) mass is 471 g/mol. The number of thiophene rings is 1. The van der Waals surface area contributed by atoms with Gasteiger partial charge in [0.1, 0.15) is 17.3 Å². The first-order valence-electron chi connectivity index (χ1n) is 10.5. The van der Waals surface area contributed by atoms with Gasteiger partial charge in [-0.05, 0) is 48.2 Å². The molecule has 0 radical (unpaired) electrons. The number of rotatable bonds is 1. The minimum absolute atomic E-state index is 0.00134. The molecule has 1 amide bonds. The van der Waals surface area contributed by atoms with Crippen molar-refractivity contribution in [1.82, 2.24) is 9.80 Å². The summed E-state index contributed by atoms with van der Waals surface area (Å²) < 4.78 is 45.9. The average molecular weight is 472 g/mol. The number of halogens is 3. The number of hydrogen-bond acceptors (Lipinski definition) is 5. The molecule has 1 fully saturated rings. The maximum Gasteiger partial charge on any atom is 0.416 e. The van der Waals surface area contributed by atoms with E-state index < -0.39 is 11.7 Å². The quantitative estimate of drug-likeness (QED) is 0.451. The first-order chi connectivity index (χ1) is 15.9. The molecule has 5 nitrogen and oxygen atoms in total. The fourth-order valence-electron chi connectivity index (χ4n) is 4.03. The van der Waals surface area contributed by atoms with Crippen LogP contribution in [0.4, 0.5) is 18.9 Å². The van der Waals surface area contributed by atoms with Crippen molar-refractivity contribution in [2.45, 2.75) is 12.6 Å². The minimum Gasteiger partial charge on any atom is -0.454 e. The lowest BCUT2D eigenvalue weighted by atomic mass is 10.1. The summed E-state index contributed by atoms with van der Waals surface area (Å²) in [6, 6.07) is 14.3. The number of aliphatic imine (C=N–C) groups is 1. The number of amides is 1. The fraction of sp³-hybridized carbons (Fsp3) is 0.250. The number of carbonyl (C=O) groups is 1. The number of alkyl halides is 3. The molecule has 3 heterocycles. The van der Waals surface area contributed by atoms with Gasteiger partial charge in [-0.2, -0.15) is 13.2 Å². The number of ether oxygens (including phenoxy) is 1. The SMILES string of the molecule is O=C(c1cccs1)N1CCCN(C2=Nc3cc(C(F)(F)F)ccc3Oc3ccccc32)CC1. The number of benzene rings is 2. The van der Waals surface area contributed by atoms with E-state index in [0.29, 0.717) is 54.6 Å². The third-order valence-electron chi connectivity index (χ3n) is 5.68. The van der Waals surface area contributed by atoms with Gasteiger partial charge >= 0.3 is 6.18 Å². The molecule has 0 saturated carbocycles. The van der Waals surface area contributed by atoms with Crippen LogP contribution in [0.5, 0.6) is 11.5 Å². The van der Waals surface area contributed by atoms with Crippen LogP contribution in [0.2, 0.25) is 0 Å². The van der Waals surface area contributed by atoms with Gasteiger partial charge in [-0.3, -0.25) is 4.79 Å². The summed E-state index contributed by atoms with van der Waals surface area (Å²) in [5.41, 5.74) is 0.0644. The summed E-state index contributed by atoms with van der Waals surface area (Å²) in [4.78, 5) is 22.0. The Morgan fingerprint density at radius 3 is 2.61 bits per heavy atom. The third kappa shape index (κ3) is 4.32. The zero-order chi connectivity index (χ0) is 23.0. The summed E-state index contributed by atoms with van der Waals surface area (Å²) in [5, 5.41) is 1.88. The lowest BCUT2D eigenvalue weighted by Crippen LogP contribution is -2.37. The van der Waals surface area contributed by atoms with Crippen LogP contribution in [0.3, 0.4) is 0 Å². The largest absolute Gasteiger partial charge is 0.454 e. The van der Waals surface area contributed by atoms with Crippen molar-refractivity contribution in [3.8, 4) is 11.5 Å².